The van der Waals surface area contributed by atoms with Gasteiger partial charge >= 0.3 is 0 Å². The third kappa shape index (κ3) is 1.73. The Balaban J connectivity index is 2.22. The summed E-state index contributed by atoms with van der Waals surface area (Å²) in [7, 11) is 0. The number of furan rings is 1. The van der Waals surface area contributed by atoms with Gasteiger partial charge in [0.15, 0.2) is 16.2 Å². The maximum Gasteiger partial charge on any atom is 0.181 e. The smallest absolute Gasteiger partial charge is 0.181 e. The molecule has 18 heavy (non-hydrogen) atoms. The maximum absolute atomic E-state index is 5.88. The molecule has 0 aliphatic carbocycles. The van der Waals surface area contributed by atoms with E-state index in [1.807, 2.05) is 30.3 Å². The molecule has 0 saturated heterocycles. The standard InChI is InChI=1S/C13H9BrN2O2/c14-12-9(6-7-17-12)11-10(13(15)16-18-11)8-4-2-1-3-5-8/h1-7H,(H2,15,16). The fourth-order valence-electron chi connectivity index (χ4n) is 1.83. The summed E-state index contributed by atoms with van der Waals surface area (Å²) in [5, 5.41) is 3.83. The lowest BCUT2D eigenvalue weighted by Crippen LogP contribution is -1.88. The summed E-state index contributed by atoms with van der Waals surface area (Å²) in [4.78, 5) is 0. The number of benzene rings is 1. The molecule has 0 aliphatic rings. The lowest BCUT2D eigenvalue weighted by Gasteiger charge is -2.00. The van der Waals surface area contributed by atoms with Crippen molar-refractivity contribution in [2.24, 2.45) is 0 Å². The molecule has 0 radical (unpaired) electrons. The normalized spacial score (nSPS) is 10.7. The first kappa shape index (κ1) is 11.1. The van der Waals surface area contributed by atoms with E-state index in [9.17, 15) is 0 Å². The number of nitrogens with two attached hydrogens (primary N) is 1. The van der Waals surface area contributed by atoms with Crippen LogP contribution in [-0.2, 0) is 0 Å². The topological polar surface area (TPSA) is 65.2 Å². The number of nitrogen functional groups attached to an aromatic ring is 1. The van der Waals surface area contributed by atoms with Crippen LogP contribution in [-0.4, -0.2) is 5.16 Å². The van der Waals surface area contributed by atoms with Crippen molar-refractivity contribution in [2.45, 2.75) is 0 Å². The van der Waals surface area contributed by atoms with E-state index < -0.39 is 0 Å². The van der Waals surface area contributed by atoms with Crippen LogP contribution >= 0.6 is 15.9 Å². The highest BCUT2D eigenvalue weighted by Gasteiger charge is 2.20. The molecule has 2 N–H and O–H groups in total. The van der Waals surface area contributed by atoms with Gasteiger partial charge < -0.3 is 14.7 Å². The van der Waals surface area contributed by atoms with Gasteiger partial charge in [-0.3, -0.25) is 0 Å². The van der Waals surface area contributed by atoms with Crippen LogP contribution in [0.5, 0.6) is 0 Å². The van der Waals surface area contributed by atoms with Crippen LogP contribution in [0.4, 0.5) is 5.82 Å². The Morgan fingerprint density at radius 2 is 1.89 bits per heavy atom. The molecule has 3 aromatic rings. The summed E-state index contributed by atoms with van der Waals surface area (Å²) < 4.78 is 11.1. The van der Waals surface area contributed by atoms with Crippen molar-refractivity contribution in [3.63, 3.8) is 0 Å². The van der Waals surface area contributed by atoms with Gasteiger partial charge in [-0.2, -0.15) is 0 Å². The van der Waals surface area contributed by atoms with Gasteiger partial charge in [0.1, 0.15) is 0 Å². The molecule has 2 aromatic heterocycles. The molecule has 5 heteroatoms. The van der Waals surface area contributed by atoms with Gasteiger partial charge in [-0.15, -0.1) is 0 Å². The molecule has 90 valence electrons. The van der Waals surface area contributed by atoms with E-state index in [0.29, 0.717) is 16.2 Å². The molecule has 3 rings (SSSR count). The van der Waals surface area contributed by atoms with Crippen LogP contribution in [0.15, 0.2) is 56.3 Å². The Hall–Kier alpha value is -2.01. The number of halogens is 1. The first-order chi connectivity index (χ1) is 8.77. The van der Waals surface area contributed by atoms with Crippen molar-refractivity contribution in [3.05, 3.63) is 47.3 Å². The Kier molecular flexibility index (Phi) is 2.68. The van der Waals surface area contributed by atoms with Crippen LogP contribution in [0, 0.1) is 0 Å². The summed E-state index contributed by atoms with van der Waals surface area (Å²) in [6, 6.07) is 11.5. The van der Waals surface area contributed by atoms with Crippen LogP contribution < -0.4 is 5.73 Å². The summed E-state index contributed by atoms with van der Waals surface area (Å²) >= 11 is 3.32. The molecule has 1 aromatic carbocycles. The maximum atomic E-state index is 5.88. The van der Waals surface area contributed by atoms with Crippen LogP contribution in [0.2, 0.25) is 0 Å². The van der Waals surface area contributed by atoms with E-state index in [2.05, 4.69) is 21.1 Å². The largest absolute Gasteiger partial charge is 0.457 e. The second-order valence-corrected chi connectivity index (χ2v) is 4.47. The van der Waals surface area contributed by atoms with Crippen molar-refractivity contribution in [1.29, 1.82) is 0 Å². The minimum Gasteiger partial charge on any atom is -0.457 e. The Labute approximate surface area is 112 Å². The molecule has 0 atom stereocenters. The molecule has 0 aliphatic heterocycles. The van der Waals surface area contributed by atoms with Gasteiger partial charge in [-0.05, 0) is 27.6 Å². The van der Waals surface area contributed by atoms with Gasteiger partial charge in [-0.25, -0.2) is 0 Å². The van der Waals surface area contributed by atoms with E-state index in [-0.39, 0.29) is 0 Å². The fraction of sp³-hybridized carbons (Fsp3) is 0. The van der Waals surface area contributed by atoms with Gasteiger partial charge in [0.2, 0.25) is 0 Å². The van der Waals surface area contributed by atoms with Crippen molar-refractivity contribution in [3.8, 4) is 22.5 Å². The predicted octanol–water partition coefficient (Wildman–Crippen LogP) is 3.95. The molecular weight excluding hydrogens is 296 g/mol. The number of rotatable bonds is 2. The minimum atomic E-state index is 0.365. The van der Waals surface area contributed by atoms with Gasteiger partial charge in [-0.1, -0.05) is 35.5 Å². The number of hydrogen-bond donors (Lipinski definition) is 1. The van der Waals surface area contributed by atoms with E-state index in [4.69, 9.17) is 14.7 Å². The van der Waals surface area contributed by atoms with E-state index in [1.165, 1.54) is 0 Å². The first-order valence-electron chi connectivity index (χ1n) is 5.31. The quantitative estimate of drug-likeness (QED) is 0.778. The monoisotopic (exact) mass is 304 g/mol. The zero-order chi connectivity index (χ0) is 12.5. The molecule has 4 nitrogen and oxygen atoms in total. The lowest BCUT2D eigenvalue weighted by atomic mass is 10.0. The Morgan fingerprint density at radius 3 is 2.56 bits per heavy atom. The number of nitrogens with zero attached hydrogens (tertiary/aromatic N) is 1. The molecular formula is C13H9BrN2O2. The van der Waals surface area contributed by atoms with E-state index in [1.54, 1.807) is 12.3 Å². The van der Waals surface area contributed by atoms with Crippen LogP contribution in [0.1, 0.15) is 0 Å². The Bertz CT molecular complexity index is 673. The van der Waals surface area contributed by atoms with Gasteiger partial charge in [0.25, 0.3) is 0 Å². The second-order valence-electron chi connectivity index (χ2n) is 3.75. The molecule has 0 bridgehead atoms. The van der Waals surface area contributed by atoms with Crippen LogP contribution in [0.3, 0.4) is 0 Å². The molecule has 0 fully saturated rings. The number of aromatic nitrogens is 1. The van der Waals surface area contributed by atoms with Crippen molar-refractivity contribution in [2.75, 3.05) is 5.73 Å². The summed E-state index contributed by atoms with van der Waals surface area (Å²) in [6.07, 6.45) is 1.58. The Morgan fingerprint density at radius 1 is 1.11 bits per heavy atom. The summed E-state index contributed by atoms with van der Waals surface area (Å²) in [5.74, 6) is 0.962. The lowest BCUT2D eigenvalue weighted by molar-refractivity contribution is 0.434. The van der Waals surface area contributed by atoms with Crippen molar-refractivity contribution >= 4 is 21.7 Å². The molecule has 0 spiro atoms. The zero-order valence-electron chi connectivity index (χ0n) is 9.26. The second kappa shape index (κ2) is 4.34. The van der Waals surface area contributed by atoms with Gasteiger partial charge in [0, 0.05) is 0 Å². The summed E-state index contributed by atoms with van der Waals surface area (Å²) in [6.45, 7) is 0. The number of hydrogen-bond acceptors (Lipinski definition) is 4. The van der Waals surface area contributed by atoms with Crippen LogP contribution in [0.25, 0.3) is 22.5 Å². The minimum absolute atomic E-state index is 0.365. The first-order valence-corrected chi connectivity index (χ1v) is 6.10. The highest BCUT2D eigenvalue weighted by atomic mass is 79.9. The molecule has 0 amide bonds. The molecule has 2 heterocycles. The zero-order valence-corrected chi connectivity index (χ0v) is 10.8. The molecule has 0 unspecified atom stereocenters. The predicted molar refractivity (Wildman–Crippen MR) is 71.8 cm³/mol. The van der Waals surface area contributed by atoms with Crippen molar-refractivity contribution in [1.82, 2.24) is 5.16 Å². The van der Waals surface area contributed by atoms with Gasteiger partial charge in [0.05, 0.1) is 17.4 Å². The van der Waals surface area contributed by atoms with E-state index >= 15 is 0 Å². The summed E-state index contributed by atoms with van der Waals surface area (Å²) in [5.41, 5.74) is 8.40. The average molecular weight is 305 g/mol. The number of anilines is 1. The average Bonchev–Trinajstić information content (AvgIpc) is 2.96. The van der Waals surface area contributed by atoms with E-state index in [0.717, 1.165) is 16.7 Å². The highest BCUT2D eigenvalue weighted by molar-refractivity contribution is 9.10. The third-order valence-electron chi connectivity index (χ3n) is 2.64. The fourth-order valence-corrected chi connectivity index (χ4v) is 2.25. The third-order valence-corrected chi connectivity index (χ3v) is 3.26. The highest BCUT2D eigenvalue weighted by Crippen LogP contribution is 2.39. The SMILES string of the molecule is Nc1noc(-c2ccoc2Br)c1-c1ccccc1. The van der Waals surface area contributed by atoms with Crippen molar-refractivity contribution < 1.29 is 8.94 Å². The molecule has 0 saturated carbocycles.